The highest BCUT2D eigenvalue weighted by Gasteiger charge is 2.33. The lowest BCUT2D eigenvalue weighted by atomic mass is 9.89. The summed E-state index contributed by atoms with van der Waals surface area (Å²) in [6.07, 6.45) is 2.76. The summed E-state index contributed by atoms with van der Waals surface area (Å²) in [7, 11) is 0. The molecule has 1 aromatic rings. The summed E-state index contributed by atoms with van der Waals surface area (Å²) in [4.78, 5) is 29.1. The Labute approximate surface area is 148 Å². The summed E-state index contributed by atoms with van der Waals surface area (Å²) < 4.78 is 5.34. The number of piperidine rings is 1. The van der Waals surface area contributed by atoms with Gasteiger partial charge in [-0.2, -0.15) is 0 Å². The van der Waals surface area contributed by atoms with Crippen LogP contribution < -0.4 is 5.32 Å². The molecule has 0 spiro atoms. The van der Waals surface area contributed by atoms with E-state index in [-0.39, 0.29) is 17.3 Å². The number of carboxylic acids is 1. The lowest BCUT2D eigenvalue weighted by Crippen LogP contribution is -2.54. The zero-order valence-electron chi connectivity index (χ0n) is 15.3. The Hall–Kier alpha value is -2.15. The molecule has 0 unspecified atom stereocenters. The first-order valence-electron chi connectivity index (χ1n) is 8.48. The van der Waals surface area contributed by atoms with Gasteiger partial charge in [0.05, 0.1) is 0 Å². The molecule has 7 heteroatoms. The molecule has 2 N–H and O–H groups in total. The topological polar surface area (TPSA) is 91.8 Å². The molecule has 138 valence electrons. The van der Waals surface area contributed by atoms with Crippen LogP contribution in [0.2, 0.25) is 0 Å². The molecule has 2 rings (SSSR count). The largest absolute Gasteiger partial charge is 0.477 e. The second-order valence-electron chi connectivity index (χ2n) is 7.82. The van der Waals surface area contributed by atoms with Gasteiger partial charge in [0, 0.05) is 31.4 Å². The first-order valence-corrected chi connectivity index (χ1v) is 8.48. The highest BCUT2D eigenvalue weighted by molar-refractivity contribution is 5.85. The van der Waals surface area contributed by atoms with E-state index in [1.165, 1.54) is 6.20 Å². The van der Waals surface area contributed by atoms with Crippen LogP contribution in [0.1, 0.15) is 56.6 Å². The Kier molecular flexibility index (Phi) is 5.67. The van der Waals surface area contributed by atoms with Gasteiger partial charge in [-0.05, 0) is 58.2 Å². The van der Waals surface area contributed by atoms with E-state index in [4.69, 9.17) is 9.84 Å². The molecule has 7 nitrogen and oxygen atoms in total. The van der Waals surface area contributed by atoms with Gasteiger partial charge in [-0.3, -0.25) is 4.90 Å². The fraction of sp³-hybridized carbons (Fsp3) is 0.611. The maximum atomic E-state index is 12.0. The van der Waals surface area contributed by atoms with Gasteiger partial charge in [0.2, 0.25) is 0 Å². The maximum absolute atomic E-state index is 12.0. The Morgan fingerprint density at radius 1 is 1.36 bits per heavy atom. The van der Waals surface area contributed by atoms with Crippen molar-refractivity contribution in [2.75, 3.05) is 13.1 Å². The molecule has 2 heterocycles. The predicted octanol–water partition coefficient (Wildman–Crippen LogP) is 2.66. The van der Waals surface area contributed by atoms with Gasteiger partial charge in [0.25, 0.3) is 0 Å². The molecule has 0 atom stereocenters. The number of nitrogens with zero attached hydrogens (tertiary/aromatic N) is 2. The third-order valence-corrected chi connectivity index (χ3v) is 4.21. The molecule has 0 bridgehead atoms. The monoisotopic (exact) mass is 349 g/mol. The Morgan fingerprint density at radius 3 is 2.56 bits per heavy atom. The summed E-state index contributed by atoms with van der Waals surface area (Å²) in [6, 6.07) is 3.44. The summed E-state index contributed by atoms with van der Waals surface area (Å²) in [6.45, 7) is 9.87. The van der Waals surface area contributed by atoms with Gasteiger partial charge >= 0.3 is 12.1 Å². The number of carboxylic acid groups (broad SMARTS) is 1. The molecule has 1 aliphatic rings. The predicted molar refractivity (Wildman–Crippen MR) is 93.5 cm³/mol. The van der Waals surface area contributed by atoms with Crippen LogP contribution in [0.5, 0.6) is 0 Å². The SMILES string of the molecule is CC1(NC(=O)OC(C)(C)C)CCN(Cc2ccnc(C(=O)O)c2)CC1. The van der Waals surface area contributed by atoms with Crippen molar-refractivity contribution in [1.82, 2.24) is 15.2 Å². The highest BCUT2D eigenvalue weighted by Crippen LogP contribution is 2.23. The Balaban J connectivity index is 1.87. The quantitative estimate of drug-likeness (QED) is 0.868. The van der Waals surface area contributed by atoms with Gasteiger partial charge in [-0.15, -0.1) is 0 Å². The average molecular weight is 349 g/mol. The molecule has 0 aliphatic carbocycles. The smallest absolute Gasteiger partial charge is 0.408 e. The van der Waals surface area contributed by atoms with Crippen LogP contribution in [0.25, 0.3) is 0 Å². The molecule has 1 amide bonds. The van der Waals surface area contributed by atoms with E-state index >= 15 is 0 Å². The van der Waals surface area contributed by atoms with Crippen LogP contribution in [0.15, 0.2) is 18.3 Å². The van der Waals surface area contributed by atoms with Crippen molar-refractivity contribution in [2.24, 2.45) is 0 Å². The van der Waals surface area contributed by atoms with Crippen molar-refractivity contribution in [2.45, 2.75) is 58.2 Å². The molecule has 0 saturated carbocycles. The van der Waals surface area contributed by atoms with E-state index in [2.05, 4.69) is 15.2 Å². The molecule has 1 aliphatic heterocycles. The molecule has 1 saturated heterocycles. The fourth-order valence-electron chi connectivity index (χ4n) is 2.83. The zero-order valence-corrected chi connectivity index (χ0v) is 15.3. The van der Waals surface area contributed by atoms with Gasteiger partial charge in [0.1, 0.15) is 11.3 Å². The van der Waals surface area contributed by atoms with Crippen LogP contribution in [0.3, 0.4) is 0 Å². The summed E-state index contributed by atoms with van der Waals surface area (Å²) in [5.74, 6) is -1.02. The summed E-state index contributed by atoms with van der Waals surface area (Å²) >= 11 is 0. The molecular formula is C18H27N3O4. The number of carbonyl (C=O) groups excluding carboxylic acids is 1. The fourth-order valence-corrected chi connectivity index (χ4v) is 2.83. The van der Waals surface area contributed by atoms with E-state index < -0.39 is 11.6 Å². The first-order chi connectivity index (χ1) is 11.6. The number of aromatic carboxylic acids is 1. The number of rotatable bonds is 4. The lowest BCUT2D eigenvalue weighted by Gasteiger charge is -2.40. The van der Waals surface area contributed by atoms with E-state index in [0.29, 0.717) is 6.54 Å². The number of carbonyl (C=O) groups is 2. The number of nitrogens with one attached hydrogen (secondary N) is 1. The van der Waals surface area contributed by atoms with Gasteiger partial charge in [-0.25, -0.2) is 14.6 Å². The van der Waals surface area contributed by atoms with E-state index in [1.807, 2.05) is 33.8 Å². The number of aromatic nitrogens is 1. The van der Waals surface area contributed by atoms with Crippen molar-refractivity contribution < 1.29 is 19.4 Å². The molecule has 1 fully saturated rings. The van der Waals surface area contributed by atoms with E-state index in [0.717, 1.165) is 31.5 Å². The third kappa shape index (κ3) is 6.01. The van der Waals surface area contributed by atoms with Crippen LogP contribution in [0, 0.1) is 0 Å². The number of alkyl carbamates (subject to hydrolysis) is 1. The summed E-state index contributed by atoms with van der Waals surface area (Å²) in [5.41, 5.74) is 0.190. The number of pyridine rings is 1. The average Bonchev–Trinajstić information content (AvgIpc) is 2.48. The van der Waals surface area contributed by atoms with Crippen molar-refractivity contribution in [3.63, 3.8) is 0 Å². The van der Waals surface area contributed by atoms with Gasteiger partial charge in [0.15, 0.2) is 0 Å². The normalized spacial score (nSPS) is 17.8. The molecular weight excluding hydrogens is 322 g/mol. The molecule has 1 aromatic heterocycles. The van der Waals surface area contributed by atoms with Crippen LogP contribution in [-0.2, 0) is 11.3 Å². The number of hydrogen-bond acceptors (Lipinski definition) is 5. The highest BCUT2D eigenvalue weighted by atomic mass is 16.6. The Bertz CT molecular complexity index is 631. The summed E-state index contributed by atoms with van der Waals surface area (Å²) in [5, 5.41) is 12.0. The standard InChI is InChI=1S/C18H27N3O4/c1-17(2,3)25-16(24)20-18(4)6-9-21(10-7-18)12-13-5-8-19-14(11-13)15(22)23/h5,8,11H,6-7,9-10,12H2,1-4H3,(H,20,24)(H,22,23). The zero-order chi connectivity index (χ0) is 18.7. The minimum Gasteiger partial charge on any atom is -0.477 e. The van der Waals surface area contributed by atoms with Crippen molar-refractivity contribution in [3.8, 4) is 0 Å². The van der Waals surface area contributed by atoms with Crippen molar-refractivity contribution in [1.29, 1.82) is 0 Å². The lowest BCUT2D eigenvalue weighted by molar-refractivity contribution is 0.0401. The van der Waals surface area contributed by atoms with Crippen LogP contribution in [0.4, 0.5) is 4.79 Å². The third-order valence-electron chi connectivity index (χ3n) is 4.21. The number of ether oxygens (including phenoxy) is 1. The van der Waals surface area contributed by atoms with Gasteiger partial charge < -0.3 is 15.2 Å². The second kappa shape index (κ2) is 7.39. The number of amides is 1. The van der Waals surface area contributed by atoms with Crippen molar-refractivity contribution >= 4 is 12.1 Å². The molecule has 25 heavy (non-hydrogen) atoms. The molecule has 0 radical (unpaired) electrons. The van der Waals surface area contributed by atoms with Crippen LogP contribution in [-0.4, -0.2) is 51.3 Å². The minimum atomic E-state index is -1.02. The number of likely N-dealkylation sites (tertiary alicyclic amines) is 1. The first kappa shape index (κ1) is 19.2. The Morgan fingerprint density at radius 2 is 2.00 bits per heavy atom. The van der Waals surface area contributed by atoms with Gasteiger partial charge in [-0.1, -0.05) is 0 Å². The second-order valence-corrected chi connectivity index (χ2v) is 7.82. The minimum absolute atomic E-state index is 0.0611. The maximum Gasteiger partial charge on any atom is 0.408 e. The van der Waals surface area contributed by atoms with Crippen molar-refractivity contribution in [3.05, 3.63) is 29.6 Å². The van der Waals surface area contributed by atoms with E-state index in [9.17, 15) is 9.59 Å². The van der Waals surface area contributed by atoms with E-state index in [1.54, 1.807) is 6.07 Å². The van der Waals surface area contributed by atoms with Crippen LogP contribution >= 0.6 is 0 Å². The number of hydrogen-bond donors (Lipinski definition) is 2. The molecule has 0 aromatic carbocycles.